The minimum Gasteiger partial charge on any atom is -0.366 e. The summed E-state index contributed by atoms with van der Waals surface area (Å²) in [4.78, 5) is 42.0. The first kappa shape index (κ1) is 26.4. The number of rotatable bonds is 7. The lowest BCUT2D eigenvalue weighted by Gasteiger charge is -2.16. The molecule has 0 spiro atoms. The van der Waals surface area contributed by atoms with Gasteiger partial charge in [-0.2, -0.15) is 0 Å². The van der Waals surface area contributed by atoms with E-state index in [-0.39, 0.29) is 28.9 Å². The molecule has 0 aliphatic carbocycles. The highest BCUT2D eigenvalue weighted by Gasteiger charge is 2.33. The van der Waals surface area contributed by atoms with Crippen LogP contribution >= 0.6 is 0 Å². The van der Waals surface area contributed by atoms with Gasteiger partial charge in [-0.1, -0.05) is 18.2 Å². The number of hydrogen-bond donors (Lipinski definition) is 3. The van der Waals surface area contributed by atoms with E-state index in [4.69, 9.17) is 5.73 Å². The Kier molecular flexibility index (Phi) is 7.15. The van der Waals surface area contributed by atoms with Crippen molar-refractivity contribution < 1.29 is 27.6 Å². The Labute approximate surface area is 226 Å². The molecule has 0 saturated carbocycles. The number of halogens is 3. The molecule has 0 radical (unpaired) electrons. The maximum atomic E-state index is 14.0. The topological polar surface area (TPSA) is 114 Å². The number of nitrogens with two attached hydrogens (primary N) is 1. The Bertz CT molecular complexity index is 1680. The molecule has 1 aliphatic rings. The number of benzene rings is 3. The number of anilines is 1. The summed E-state index contributed by atoms with van der Waals surface area (Å²) in [7, 11) is 0. The number of pyridine rings is 1. The number of nitrogens with zero attached hydrogens (tertiary/aromatic N) is 1. The average Bonchev–Trinajstić information content (AvgIpc) is 3.21. The fourth-order valence-corrected chi connectivity index (χ4v) is 4.57. The zero-order valence-electron chi connectivity index (χ0n) is 20.8. The third-order valence-electron chi connectivity index (χ3n) is 6.34. The second-order valence-corrected chi connectivity index (χ2v) is 9.13. The summed E-state index contributed by atoms with van der Waals surface area (Å²) in [6.07, 6.45) is 2.47. The Balaban J connectivity index is 1.55. The minimum absolute atomic E-state index is 0.0768. The zero-order valence-corrected chi connectivity index (χ0v) is 20.8. The summed E-state index contributed by atoms with van der Waals surface area (Å²) in [6.45, 7) is 0. The molecule has 4 N–H and O–H groups in total. The first-order valence-electron chi connectivity index (χ1n) is 12.1. The Morgan fingerprint density at radius 1 is 0.950 bits per heavy atom. The van der Waals surface area contributed by atoms with Gasteiger partial charge in [-0.05, 0) is 71.3 Å². The molecule has 1 aliphatic heterocycles. The summed E-state index contributed by atoms with van der Waals surface area (Å²) in [5.74, 6) is -4.88. The van der Waals surface area contributed by atoms with E-state index in [0.717, 1.165) is 12.1 Å². The number of hydrogen-bond acceptors (Lipinski definition) is 4. The highest BCUT2D eigenvalue weighted by atomic mass is 19.1. The number of amides is 3. The number of fused-ring (bicyclic) bond motifs is 1. The van der Waals surface area contributed by atoms with Crippen molar-refractivity contribution in [1.29, 1.82) is 0 Å². The lowest BCUT2D eigenvalue weighted by atomic mass is 9.96. The molecule has 2 heterocycles. The van der Waals surface area contributed by atoms with Crippen LogP contribution in [0.15, 0.2) is 79.0 Å². The van der Waals surface area contributed by atoms with Crippen molar-refractivity contribution in [1.82, 2.24) is 10.3 Å². The van der Waals surface area contributed by atoms with Gasteiger partial charge >= 0.3 is 0 Å². The minimum atomic E-state index is -0.950. The molecule has 7 nitrogen and oxygen atoms in total. The van der Waals surface area contributed by atoms with Crippen LogP contribution in [-0.4, -0.2) is 22.7 Å². The molecule has 1 unspecified atom stereocenters. The lowest BCUT2D eigenvalue weighted by molar-refractivity contribution is -0.124. The predicted octanol–water partition coefficient (Wildman–Crippen LogP) is 5.01. The van der Waals surface area contributed by atoms with Crippen LogP contribution in [0.2, 0.25) is 0 Å². The Morgan fingerprint density at radius 3 is 2.48 bits per heavy atom. The first-order valence-corrected chi connectivity index (χ1v) is 12.1. The third-order valence-corrected chi connectivity index (χ3v) is 6.34. The van der Waals surface area contributed by atoms with Crippen molar-refractivity contribution >= 4 is 35.2 Å². The highest BCUT2D eigenvalue weighted by molar-refractivity contribution is 6.06. The van der Waals surface area contributed by atoms with E-state index in [1.165, 1.54) is 30.5 Å². The van der Waals surface area contributed by atoms with Gasteiger partial charge in [0.2, 0.25) is 17.7 Å². The van der Waals surface area contributed by atoms with Crippen LogP contribution in [-0.2, 0) is 9.59 Å². The maximum absolute atomic E-state index is 14.0. The van der Waals surface area contributed by atoms with Gasteiger partial charge in [0, 0.05) is 35.5 Å². The zero-order chi connectivity index (χ0) is 28.4. The van der Waals surface area contributed by atoms with Crippen molar-refractivity contribution in [3.8, 4) is 11.1 Å². The fourth-order valence-electron chi connectivity index (χ4n) is 4.57. The highest BCUT2D eigenvalue weighted by Crippen LogP contribution is 2.35. The van der Waals surface area contributed by atoms with Crippen molar-refractivity contribution in [3.63, 3.8) is 0 Å². The normalized spacial score (nSPS) is 14.4. The van der Waals surface area contributed by atoms with Gasteiger partial charge in [0.15, 0.2) is 0 Å². The van der Waals surface area contributed by atoms with E-state index < -0.39 is 41.1 Å². The summed E-state index contributed by atoms with van der Waals surface area (Å²) >= 11 is 0. The average molecular weight is 543 g/mol. The van der Waals surface area contributed by atoms with Gasteiger partial charge in [0.1, 0.15) is 17.5 Å². The SMILES string of the molecule is NC(=O)c1cccc(-c2cccnc2C(=Cc2cc(F)cc(F)c2)NC(=O)CC2C(=O)Nc3ccc(F)cc32)c1. The maximum Gasteiger partial charge on any atom is 0.248 e. The lowest BCUT2D eigenvalue weighted by Crippen LogP contribution is -2.26. The van der Waals surface area contributed by atoms with E-state index in [2.05, 4.69) is 15.6 Å². The van der Waals surface area contributed by atoms with E-state index >= 15 is 0 Å². The molecular formula is C30H21F3N4O3. The van der Waals surface area contributed by atoms with Crippen molar-refractivity contribution in [2.75, 3.05) is 5.32 Å². The summed E-state index contributed by atoms with van der Waals surface area (Å²) in [5.41, 5.74) is 7.87. The third kappa shape index (κ3) is 5.60. The molecule has 4 aromatic rings. The molecular weight excluding hydrogens is 521 g/mol. The number of nitrogens with one attached hydrogen (secondary N) is 2. The summed E-state index contributed by atoms with van der Waals surface area (Å²) in [5, 5.41) is 5.34. The molecule has 0 bridgehead atoms. The molecule has 1 atom stereocenters. The quantitative estimate of drug-likeness (QED) is 0.305. The second kappa shape index (κ2) is 10.9. The number of carbonyl (C=O) groups is 3. The van der Waals surface area contributed by atoms with Crippen molar-refractivity contribution in [2.24, 2.45) is 5.73 Å². The van der Waals surface area contributed by atoms with Crippen molar-refractivity contribution in [2.45, 2.75) is 12.3 Å². The summed E-state index contributed by atoms with van der Waals surface area (Å²) in [6, 6.07) is 16.5. The monoisotopic (exact) mass is 542 g/mol. The number of aromatic nitrogens is 1. The van der Waals surface area contributed by atoms with E-state index in [1.807, 2.05) is 0 Å². The molecule has 0 fully saturated rings. The van der Waals surface area contributed by atoms with E-state index in [9.17, 15) is 27.6 Å². The Hall–Kier alpha value is -5.25. The molecule has 3 aromatic carbocycles. The Morgan fingerprint density at radius 2 is 1.73 bits per heavy atom. The van der Waals surface area contributed by atoms with Gasteiger partial charge in [0.05, 0.1) is 17.3 Å². The molecule has 3 amide bonds. The largest absolute Gasteiger partial charge is 0.366 e. The van der Waals surface area contributed by atoms with E-state index in [0.29, 0.717) is 28.4 Å². The van der Waals surface area contributed by atoms with Crippen LogP contribution in [0.25, 0.3) is 22.9 Å². The smallest absolute Gasteiger partial charge is 0.248 e. The van der Waals surface area contributed by atoms with Crippen LogP contribution in [0.1, 0.15) is 39.5 Å². The summed E-state index contributed by atoms with van der Waals surface area (Å²) < 4.78 is 41.9. The second-order valence-electron chi connectivity index (χ2n) is 9.13. The van der Waals surface area contributed by atoms with Crippen LogP contribution in [0.4, 0.5) is 18.9 Å². The van der Waals surface area contributed by atoms with Gasteiger partial charge in [-0.15, -0.1) is 0 Å². The van der Waals surface area contributed by atoms with Crippen LogP contribution in [0.5, 0.6) is 0 Å². The molecule has 0 saturated heterocycles. The van der Waals surface area contributed by atoms with Crippen molar-refractivity contribution in [3.05, 3.63) is 119 Å². The molecule has 5 rings (SSSR count). The predicted molar refractivity (Wildman–Crippen MR) is 143 cm³/mol. The molecule has 10 heteroatoms. The fraction of sp³-hybridized carbons (Fsp3) is 0.0667. The van der Waals surface area contributed by atoms with Crippen LogP contribution < -0.4 is 16.4 Å². The molecule has 200 valence electrons. The molecule has 40 heavy (non-hydrogen) atoms. The van der Waals surface area contributed by atoms with Gasteiger partial charge in [-0.3, -0.25) is 19.4 Å². The number of carbonyl (C=O) groups excluding carboxylic acids is 3. The van der Waals surface area contributed by atoms with Crippen LogP contribution in [0, 0.1) is 17.5 Å². The van der Waals surface area contributed by atoms with E-state index in [1.54, 1.807) is 36.4 Å². The number of primary amides is 1. The standard InChI is InChI=1S/C30H21F3N4O3/c31-19-6-7-25-23(14-19)24(30(40)37-25)15-27(38)36-26(11-16-9-20(32)13-21(33)10-16)28-22(5-2-8-35-28)17-3-1-4-18(12-17)29(34)39/h1-14,24H,15H2,(H2,34,39)(H,36,38)(H,37,40). The first-order chi connectivity index (χ1) is 19.2. The van der Waals surface area contributed by atoms with Crippen LogP contribution in [0.3, 0.4) is 0 Å². The van der Waals surface area contributed by atoms with Gasteiger partial charge in [0.25, 0.3) is 0 Å². The van der Waals surface area contributed by atoms with Gasteiger partial charge in [-0.25, -0.2) is 13.2 Å². The molecule has 1 aromatic heterocycles. The van der Waals surface area contributed by atoms with Gasteiger partial charge < -0.3 is 16.4 Å².